The molecule has 0 aliphatic heterocycles. The smallest absolute Gasteiger partial charge is 0.303 e. The zero-order valence-electron chi connectivity index (χ0n) is 10.1. The van der Waals surface area contributed by atoms with Crippen molar-refractivity contribution in [1.29, 1.82) is 0 Å². The number of aliphatic carboxylic acids is 1. The second-order valence-corrected chi connectivity index (χ2v) is 5.73. The van der Waals surface area contributed by atoms with E-state index in [-0.39, 0.29) is 11.8 Å². The van der Waals surface area contributed by atoms with Gasteiger partial charge in [0.05, 0.1) is 6.42 Å². The van der Waals surface area contributed by atoms with E-state index in [0.29, 0.717) is 0 Å². The molecule has 1 aliphatic rings. The Balaban J connectivity index is 1.96. The van der Waals surface area contributed by atoms with Crippen molar-refractivity contribution in [1.82, 2.24) is 9.97 Å². The second-order valence-electron chi connectivity index (χ2n) is 4.79. The van der Waals surface area contributed by atoms with Gasteiger partial charge in [-0.15, -0.1) is 0 Å². The molecule has 17 heavy (non-hydrogen) atoms. The van der Waals surface area contributed by atoms with Gasteiger partial charge in [0.1, 0.15) is 0 Å². The van der Waals surface area contributed by atoms with Gasteiger partial charge in [0.2, 0.25) is 0 Å². The first-order chi connectivity index (χ1) is 7.99. The van der Waals surface area contributed by atoms with E-state index < -0.39 is 5.97 Å². The highest BCUT2D eigenvalue weighted by Gasteiger charge is 2.44. The number of carboxylic acid groups (broad SMARTS) is 1. The lowest BCUT2D eigenvalue weighted by atomic mass is 10.1. The number of carbonyl (C=O) groups is 1. The van der Waals surface area contributed by atoms with Gasteiger partial charge in [-0.2, -0.15) is 0 Å². The molecule has 0 unspecified atom stereocenters. The van der Waals surface area contributed by atoms with Crippen LogP contribution >= 0.6 is 11.8 Å². The van der Waals surface area contributed by atoms with Crippen molar-refractivity contribution in [2.45, 2.75) is 38.3 Å². The van der Waals surface area contributed by atoms with Crippen molar-refractivity contribution in [3.05, 3.63) is 17.5 Å². The van der Waals surface area contributed by atoms with E-state index in [9.17, 15) is 4.79 Å². The molecule has 0 amide bonds. The molecule has 1 fully saturated rings. The molecule has 0 atom stereocenters. The summed E-state index contributed by atoms with van der Waals surface area (Å²) in [5.74, 6) is 0.104. The second kappa shape index (κ2) is 4.64. The Morgan fingerprint density at radius 2 is 2.00 bits per heavy atom. The van der Waals surface area contributed by atoms with Crippen molar-refractivity contribution in [2.75, 3.05) is 5.75 Å². The van der Waals surface area contributed by atoms with Crippen LogP contribution in [0, 0.1) is 19.3 Å². The SMILES string of the molecule is Cc1cc(C)nc(SCC2(CC(=O)O)CC2)n1. The standard InChI is InChI=1S/C12H16N2O2S/c1-8-5-9(2)14-11(13-8)17-7-12(3-4-12)6-10(15)16/h5H,3-4,6-7H2,1-2H3,(H,15,16). The van der Waals surface area contributed by atoms with E-state index in [4.69, 9.17) is 5.11 Å². The number of aryl methyl sites for hydroxylation is 2. The van der Waals surface area contributed by atoms with Crippen LogP contribution in [0.15, 0.2) is 11.2 Å². The fraction of sp³-hybridized carbons (Fsp3) is 0.583. The zero-order chi connectivity index (χ0) is 12.5. The van der Waals surface area contributed by atoms with Crippen LogP contribution in [0.25, 0.3) is 0 Å². The van der Waals surface area contributed by atoms with Crippen LogP contribution in [-0.4, -0.2) is 26.8 Å². The maximum absolute atomic E-state index is 10.7. The summed E-state index contributed by atoms with van der Waals surface area (Å²) in [7, 11) is 0. The molecule has 0 bridgehead atoms. The third-order valence-corrected chi connectivity index (χ3v) is 4.15. The maximum atomic E-state index is 10.7. The van der Waals surface area contributed by atoms with Gasteiger partial charge in [-0.3, -0.25) is 4.79 Å². The molecule has 0 saturated heterocycles. The minimum Gasteiger partial charge on any atom is -0.481 e. The molecule has 92 valence electrons. The molecule has 0 spiro atoms. The van der Waals surface area contributed by atoms with Gasteiger partial charge >= 0.3 is 5.97 Å². The molecule has 1 saturated carbocycles. The number of carboxylic acids is 1. The van der Waals surface area contributed by atoms with Crippen LogP contribution < -0.4 is 0 Å². The van der Waals surface area contributed by atoms with Gasteiger partial charge in [-0.25, -0.2) is 9.97 Å². The van der Waals surface area contributed by atoms with Gasteiger partial charge in [0.15, 0.2) is 5.16 Å². The molecule has 0 aromatic carbocycles. The molecule has 1 aliphatic carbocycles. The summed E-state index contributed by atoms with van der Waals surface area (Å²) in [5, 5.41) is 9.60. The zero-order valence-corrected chi connectivity index (χ0v) is 10.9. The molecular weight excluding hydrogens is 236 g/mol. The van der Waals surface area contributed by atoms with Gasteiger partial charge < -0.3 is 5.11 Å². The summed E-state index contributed by atoms with van der Waals surface area (Å²) in [6, 6.07) is 1.94. The first kappa shape index (κ1) is 12.4. The van der Waals surface area contributed by atoms with E-state index >= 15 is 0 Å². The maximum Gasteiger partial charge on any atom is 0.303 e. The molecule has 1 N–H and O–H groups in total. The third kappa shape index (κ3) is 3.43. The number of hydrogen-bond acceptors (Lipinski definition) is 4. The predicted molar refractivity (Wildman–Crippen MR) is 66.1 cm³/mol. The van der Waals surface area contributed by atoms with Gasteiger partial charge in [0.25, 0.3) is 0 Å². The predicted octanol–water partition coefficient (Wildman–Crippen LogP) is 2.44. The van der Waals surface area contributed by atoms with E-state index in [1.165, 1.54) is 0 Å². The van der Waals surface area contributed by atoms with Crippen molar-refractivity contribution in [2.24, 2.45) is 5.41 Å². The number of nitrogens with zero attached hydrogens (tertiary/aromatic N) is 2. The molecule has 1 aromatic heterocycles. The molecule has 1 aromatic rings. The average molecular weight is 252 g/mol. The summed E-state index contributed by atoms with van der Waals surface area (Å²) in [5.41, 5.74) is 1.92. The third-order valence-electron chi connectivity index (χ3n) is 2.95. The fourth-order valence-electron chi connectivity index (χ4n) is 1.85. The Hall–Kier alpha value is -1.10. The summed E-state index contributed by atoms with van der Waals surface area (Å²) >= 11 is 1.57. The van der Waals surface area contributed by atoms with E-state index in [1.54, 1.807) is 11.8 Å². The summed E-state index contributed by atoms with van der Waals surface area (Å²) < 4.78 is 0. The quantitative estimate of drug-likeness (QED) is 0.644. The van der Waals surface area contributed by atoms with Gasteiger partial charge in [-0.05, 0) is 38.2 Å². The summed E-state index contributed by atoms with van der Waals surface area (Å²) in [6.45, 7) is 3.89. The highest BCUT2D eigenvalue weighted by molar-refractivity contribution is 7.99. The Kier molecular flexibility index (Phi) is 3.38. The van der Waals surface area contributed by atoms with Crippen LogP contribution in [-0.2, 0) is 4.79 Å². The monoisotopic (exact) mass is 252 g/mol. The molecule has 1 heterocycles. The lowest BCUT2D eigenvalue weighted by Gasteiger charge is -2.11. The topological polar surface area (TPSA) is 63.1 Å². The van der Waals surface area contributed by atoms with Crippen LogP contribution in [0.4, 0.5) is 0 Å². The van der Waals surface area contributed by atoms with Crippen molar-refractivity contribution < 1.29 is 9.90 Å². The molecule has 0 radical (unpaired) electrons. The fourth-order valence-corrected chi connectivity index (χ4v) is 3.09. The van der Waals surface area contributed by atoms with E-state index in [2.05, 4.69) is 9.97 Å². The van der Waals surface area contributed by atoms with Crippen molar-refractivity contribution in [3.8, 4) is 0 Å². The van der Waals surface area contributed by atoms with Crippen LogP contribution in [0.2, 0.25) is 0 Å². The Morgan fingerprint density at radius 3 is 2.47 bits per heavy atom. The first-order valence-electron chi connectivity index (χ1n) is 5.66. The van der Waals surface area contributed by atoms with Crippen LogP contribution in [0.5, 0.6) is 0 Å². The number of hydrogen-bond donors (Lipinski definition) is 1. The highest BCUT2D eigenvalue weighted by Crippen LogP contribution is 2.51. The van der Waals surface area contributed by atoms with Crippen molar-refractivity contribution in [3.63, 3.8) is 0 Å². The number of rotatable bonds is 5. The lowest BCUT2D eigenvalue weighted by molar-refractivity contribution is -0.138. The molecule has 5 heteroatoms. The normalized spacial score (nSPS) is 16.8. The lowest BCUT2D eigenvalue weighted by Crippen LogP contribution is -2.11. The molecule has 2 rings (SSSR count). The summed E-state index contributed by atoms with van der Waals surface area (Å²) in [4.78, 5) is 19.4. The molecule has 4 nitrogen and oxygen atoms in total. The largest absolute Gasteiger partial charge is 0.481 e. The Labute approximate surface area is 105 Å². The van der Waals surface area contributed by atoms with Gasteiger partial charge in [0, 0.05) is 17.1 Å². The first-order valence-corrected chi connectivity index (χ1v) is 6.65. The average Bonchev–Trinajstić information content (AvgIpc) is 2.93. The minimum atomic E-state index is -0.704. The van der Waals surface area contributed by atoms with Crippen LogP contribution in [0.3, 0.4) is 0 Å². The Bertz CT molecular complexity index is 424. The number of thioether (sulfide) groups is 1. The Morgan fingerprint density at radius 1 is 1.41 bits per heavy atom. The van der Waals surface area contributed by atoms with Crippen molar-refractivity contribution >= 4 is 17.7 Å². The summed E-state index contributed by atoms with van der Waals surface area (Å²) in [6.07, 6.45) is 2.29. The molecular formula is C12H16N2O2S. The van der Waals surface area contributed by atoms with E-state index in [1.807, 2.05) is 19.9 Å². The highest BCUT2D eigenvalue weighted by atomic mass is 32.2. The van der Waals surface area contributed by atoms with Crippen LogP contribution in [0.1, 0.15) is 30.7 Å². The number of aromatic nitrogens is 2. The van der Waals surface area contributed by atoms with E-state index in [0.717, 1.165) is 35.1 Å². The minimum absolute atomic E-state index is 0.00247. The van der Waals surface area contributed by atoms with Gasteiger partial charge in [-0.1, -0.05) is 11.8 Å².